The fraction of sp³-hybridized carbons (Fsp3) is 0.167. The topological polar surface area (TPSA) is 143 Å². The molecule has 3 aromatic rings. The summed E-state index contributed by atoms with van der Waals surface area (Å²) in [5.74, 6) is 0.446. The SMILES string of the molecule is Cc1ccc(NCC(=O)C2=CCC(C(F)(F)F)=CC=C2)cc1NC1=C=c2nc(NCc3ccncc3)nc(N)c2=NC=N1. The Morgan fingerprint density at radius 2 is 1.93 bits per heavy atom. The smallest absolute Gasteiger partial charge is 0.382 e. The fourth-order valence-electron chi connectivity index (χ4n) is 4.12. The Bertz CT molecular complexity index is 1840. The number of Topliss-reactive ketones (excluding diaryl/α,β-unsaturated/α-hetero) is 1. The number of allylic oxidation sites excluding steroid dienone is 5. The number of hydrogen-bond donors (Lipinski definition) is 4. The Kier molecular flexibility index (Phi) is 8.44. The van der Waals surface area contributed by atoms with Crippen LogP contribution in [0.5, 0.6) is 0 Å². The van der Waals surface area contributed by atoms with Crippen molar-refractivity contribution in [1.82, 2.24) is 15.0 Å². The molecule has 218 valence electrons. The van der Waals surface area contributed by atoms with Gasteiger partial charge in [0.15, 0.2) is 17.4 Å². The van der Waals surface area contributed by atoms with Gasteiger partial charge in [0.1, 0.15) is 17.0 Å². The maximum Gasteiger partial charge on any atom is 0.412 e. The Hall–Kier alpha value is -5.55. The number of carbonyl (C=O) groups is 1. The summed E-state index contributed by atoms with van der Waals surface area (Å²) in [4.78, 5) is 34.1. The van der Waals surface area contributed by atoms with Crippen LogP contribution in [0.25, 0.3) is 5.73 Å². The number of nitrogen functional groups attached to an aromatic ring is 1. The molecule has 0 amide bonds. The summed E-state index contributed by atoms with van der Waals surface area (Å²) in [6, 6.07) is 9.16. The molecule has 0 unspecified atom stereocenters. The van der Waals surface area contributed by atoms with E-state index in [4.69, 9.17) is 5.73 Å². The Morgan fingerprint density at radius 3 is 2.72 bits per heavy atom. The number of nitrogens with one attached hydrogen (secondary N) is 3. The van der Waals surface area contributed by atoms with E-state index in [1.165, 1.54) is 24.6 Å². The normalized spacial score (nSPS) is 14.1. The number of benzene rings is 1. The number of anilines is 4. The van der Waals surface area contributed by atoms with Crippen LogP contribution in [-0.2, 0) is 11.3 Å². The molecule has 0 fully saturated rings. The number of ketones is 1. The molecule has 2 aromatic heterocycles. The highest BCUT2D eigenvalue weighted by Gasteiger charge is 2.32. The van der Waals surface area contributed by atoms with Crippen LogP contribution in [0.3, 0.4) is 0 Å². The van der Waals surface area contributed by atoms with E-state index < -0.39 is 11.7 Å². The number of aryl methyl sites for hydroxylation is 1. The summed E-state index contributed by atoms with van der Waals surface area (Å²) < 4.78 is 39.0. The van der Waals surface area contributed by atoms with E-state index in [0.29, 0.717) is 40.4 Å². The average Bonchev–Trinajstić information content (AvgIpc) is 3.36. The molecule has 0 bridgehead atoms. The first-order valence-electron chi connectivity index (χ1n) is 13.1. The number of halogens is 3. The Balaban J connectivity index is 1.32. The molecule has 1 aromatic carbocycles. The third-order valence-corrected chi connectivity index (χ3v) is 6.47. The molecule has 3 heterocycles. The van der Waals surface area contributed by atoms with Gasteiger partial charge in [-0.2, -0.15) is 18.2 Å². The molecule has 43 heavy (non-hydrogen) atoms. The zero-order valence-corrected chi connectivity index (χ0v) is 22.9. The van der Waals surface area contributed by atoms with Gasteiger partial charge in [0.05, 0.1) is 6.54 Å². The minimum atomic E-state index is -4.44. The number of aliphatic imine (C=N–C) groups is 1. The van der Waals surface area contributed by atoms with Crippen LogP contribution in [0.15, 0.2) is 94.0 Å². The summed E-state index contributed by atoms with van der Waals surface area (Å²) in [6.45, 7) is 2.25. The van der Waals surface area contributed by atoms with Crippen molar-refractivity contribution in [3.63, 3.8) is 0 Å². The van der Waals surface area contributed by atoms with Crippen LogP contribution in [0.4, 0.5) is 36.3 Å². The van der Waals surface area contributed by atoms with E-state index in [1.54, 1.807) is 24.5 Å². The summed E-state index contributed by atoms with van der Waals surface area (Å²) in [7, 11) is 0. The predicted molar refractivity (Wildman–Crippen MR) is 158 cm³/mol. The molecule has 0 saturated heterocycles. The highest BCUT2D eigenvalue weighted by atomic mass is 19.4. The van der Waals surface area contributed by atoms with Gasteiger partial charge in [0, 0.05) is 41.5 Å². The summed E-state index contributed by atoms with van der Waals surface area (Å²) in [5.41, 5.74) is 11.9. The minimum Gasteiger partial charge on any atom is -0.382 e. The van der Waals surface area contributed by atoms with E-state index in [2.05, 4.69) is 46.6 Å². The van der Waals surface area contributed by atoms with E-state index >= 15 is 0 Å². The van der Waals surface area contributed by atoms with Gasteiger partial charge in [-0.25, -0.2) is 15.0 Å². The monoisotopic (exact) mass is 585 g/mol. The van der Waals surface area contributed by atoms with Gasteiger partial charge in [-0.3, -0.25) is 9.78 Å². The zero-order valence-electron chi connectivity index (χ0n) is 22.9. The summed E-state index contributed by atoms with van der Waals surface area (Å²) >= 11 is 0. The number of pyridine rings is 1. The number of rotatable bonds is 9. The van der Waals surface area contributed by atoms with Crippen molar-refractivity contribution < 1.29 is 18.0 Å². The molecule has 0 spiro atoms. The summed E-state index contributed by atoms with van der Waals surface area (Å²) in [6.07, 6.45) is 4.82. The van der Waals surface area contributed by atoms with Gasteiger partial charge < -0.3 is 21.7 Å². The van der Waals surface area contributed by atoms with E-state index in [1.807, 2.05) is 25.1 Å². The quantitative estimate of drug-likeness (QED) is 0.298. The van der Waals surface area contributed by atoms with Gasteiger partial charge in [-0.1, -0.05) is 30.4 Å². The molecule has 0 atom stereocenters. The number of nitrogens with zero attached hydrogens (tertiary/aromatic N) is 5. The highest BCUT2D eigenvalue weighted by Crippen LogP contribution is 2.30. The molecule has 5 N–H and O–H groups in total. The lowest BCUT2D eigenvalue weighted by Gasteiger charge is -2.12. The van der Waals surface area contributed by atoms with Crippen molar-refractivity contribution in [2.24, 2.45) is 9.98 Å². The average molecular weight is 586 g/mol. The minimum absolute atomic E-state index is 0.106. The third-order valence-electron chi connectivity index (χ3n) is 6.47. The molecule has 0 saturated carbocycles. The zero-order chi connectivity index (χ0) is 30.4. The molecule has 1 aliphatic carbocycles. The van der Waals surface area contributed by atoms with Crippen LogP contribution in [0.1, 0.15) is 17.5 Å². The first-order valence-corrected chi connectivity index (χ1v) is 13.1. The molecule has 1 aliphatic heterocycles. The van der Waals surface area contributed by atoms with E-state index in [-0.39, 0.29) is 30.1 Å². The number of alkyl halides is 3. The maximum absolute atomic E-state index is 13.0. The van der Waals surface area contributed by atoms with Gasteiger partial charge in [-0.05, 0) is 54.5 Å². The first kappa shape index (κ1) is 29.0. The van der Waals surface area contributed by atoms with Crippen LogP contribution >= 0.6 is 0 Å². The number of aromatic nitrogens is 3. The molecule has 2 aliphatic rings. The predicted octanol–water partition coefficient (Wildman–Crippen LogP) is 3.72. The lowest BCUT2D eigenvalue weighted by Crippen LogP contribution is -2.33. The molecular weight excluding hydrogens is 559 g/mol. The van der Waals surface area contributed by atoms with Crippen molar-refractivity contribution in [2.45, 2.75) is 26.1 Å². The van der Waals surface area contributed by atoms with Crippen molar-refractivity contribution in [2.75, 3.05) is 28.2 Å². The van der Waals surface area contributed by atoms with E-state index in [9.17, 15) is 18.0 Å². The maximum atomic E-state index is 13.0. The van der Waals surface area contributed by atoms with Crippen molar-refractivity contribution >= 4 is 41.0 Å². The number of hydrogen-bond acceptors (Lipinski definition) is 10. The first-order chi connectivity index (χ1) is 20.7. The van der Waals surface area contributed by atoms with Crippen LogP contribution in [0, 0.1) is 6.92 Å². The third kappa shape index (κ3) is 7.40. The Labute approximate surface area is 244 Å². The molecule has 5 rings (SSSR count). The van der Waals surface area contributed by atoms with Gasteiger partial charge in [0.2, 0.25) is 5.95 Å². The number of nitrogens with two attached hydrogens (primary N) is 1. The van der Waals surface area contributed by atoms with Crippen molar-refractivity contribution in [1.29, 1.82) is 0 Å². The van der Waals surface area contributed by atoms with Crippen molar-refractivity contribution in [3.8, 4) is 0 Å². The van der Waals surface area contributed by atoms with Crippen LogP contribution < -0.4 is 32.4 Å². The van der Waals surface area contributed by atoms with Gasteiger partial charge in [0.25, 0.3) is 0 Å². The highest BCUT2D eigenvalue weighted by molar-refractivity contribution is 6.01. The van der Waals surface area contributed by atoms with Crippen molar-refractivity contribution in [3.05, 3.63) is 106 Å². The standard InChI is InChI=1S/C30H26F3N9O/c1-18-5-8-22(36-16-25(43)20-3-2-4-21(7-6-20)30(31,32)33)13-23(18)40-26-14-24-27(39-17-38-26)28(34)42-29(41-24)37-15-19-9-11-35-12-10-19/h2-6,8-13,17,36,40H,7,15-16H2,1H3,(H3,34,37,41,42). The lowest BCUT2D eigenvalue weighted by molar-refractivity contribution is -0.113. The molecule has 13 heteroatoms. The molecular formula is C30H26F3N9O. The van der Waals surface area contributed by atoms with E-state index in [0.717, 1.165) is 17.2 Å². The lowest BCUT2D eigenvalue weighted by atomic mass is 10.1. The largest absolute Gasteiger partial charge is 0.412 e. The summed E-state index contributed by atoms with van der Waals surface area (Å²) in [5, 5.41) is 10.1. The van der Waals surface area contributed by atoms with Crippen LogP contribution in [0.2, 0.25) is 0 Å². The number of fused-ring (bicyclic) bond motifs is 1. The second-order valence-corrected chi connectivity index (χ2v) is 9.53. The Morgan fingerprint density at radius 1 is 1.12 bits per heavy atom. The number of carbonyl (C=O) groups excluding carboxylic acids is 1. The van der Waals surface area contributed by atoms with Gasteiger partial charge in [-0.15, -0.1) is 0 Å². The van der Waals surface area contributed by atoms with Crippen LogP contribution in [-0.4, -0.2) is 39.8 Å². The fourth-order valence-corrected chi connectivity index (χ4v) is 4.12. The second kappa shape index (κ2) is 12.5. The van der Waals surface area contributed by atoms with Gasteiger partial charge >= 0.3 is 6.18 Å². The second-order valence-electron chi connectivity index (χ2n) is 9.53. The molecule has 0 radical (unpaired) electrons. The molecule has 10 nitrogen and oxygen atoms in total.